The number of alkyl halides is 3. The van der Waals surface area contributed by atoms with Crippen molar-refractivity contribution in [3.05, 3.63) is 30.3 Å². The first-order chi connectivity index (χ1) is 10.8. The number of nitrogens with zero attached hydrogens (tertiary/aromatic N) is 2. The number of anilines is 1. The van der Waals surface area contributed by atoms with Gasteiger partial charge in [0.2, 0.25) is 10.0 Å². The van der Waals surface area contributed by atoms with Gasteiger partial charge in [0.1, 0.15) is 5.75 Å². The van der Waals surface area contributed by atoms with Crippen molar-refractivity contribution in [3.8, 4) is 0 Å². The van der Waals surface area contributed by atoms with Gasteiger partial charge in [0.05, 0.1) is 5.69 Å². The normalized spacial score (nSPS) is 18.0. The van der Waals surface area contributed by atoms with Gasteiger partial charge in [-0.2, -0.15) is 18.3 Å². The highest BCUT2D eigenvalue weighted by Crippen LogP contribution is 2.21. The van der Waals surface area contributed by atoms with E-state index in [1.807, 2.05) is 0 Å². The quantitative estimate of drug-likeness (QED) is 0.657. The maximum Gasteiger partial charge on any atom is 0.432 e. The lowest BCUT2D eigenvalue weighted by molar-refractivity contribution is -0.0591. The number of halogens is 3. The van der Waals surface area contributed by atoms with Crippen molar-refractivity contribution in [1.82, 2.24) is 4.31 Å². The minimum Gasteiger partial charge on any atom is -0.278 e. The van der Waals surface area contributed by atoms with Gasteiger partial charge < -0.3 is 0 Å². The van der Waals surface area contributed by atoms with E-state index in [1.54, 1.807) is 18.2 Å². The average Bonchev–Trinajstić information content (AvgIpc) is 2.52. The Morgan fingerprint density at radius 2 is 1.74 bits per heavy atom. The van der Waals surface area contributed by atoms with Crippen LogP contribution in [0.25, 0.3) is 0 Å². The van der Waals surface area contributed by atoms with E-state index in [1.165, 1.54) is 12.1 Å². The molecule has 0 amide bonds. The summed E-state index contributed by atoms with van der Waals surface area (Å²) in [6.45, 7) is 0.527. The number of rotatable bonds is 5. The summed E-state index contributed by atoms with van der Waals surface area (Å²) in [5, 5.41) is 3.28. The SMILES string of the molecule is O=S(=O)(C/C(=N/Nc1ccccc1)C(F)(F)F)N1CCCCC1. The number of nitrogens with one attached hydrogen (secondary N) is 1. The Morgan fingerprint density at radius 3 is 2.30 bits per heavy atom. The van der Waals surface area contributed by atoms with Crippen LogP contribution in [-0.2, 0) is 10.0 Å². The van der Waals surface area contributed by atoms with Crippen LogP contribution in [-0.4, -0.2) is 43.5 Å². The molecule has 0 spiro atoms. The fourth-order valence-electron chi connectivity index (χ4n) is 2.23. The summed E-state index contributed by atoms with van der Waals surface area (Å²) in [5.41, 5.74) is 1.26. The number of piperidine rings is 1. The largest absolute Gasteiger partial charge is 0.432 e. The molecule has 1 fully saturated rings. The van der Waals surface area contributed by atoms with Crippen molar-refractivity contribution in [1.29, 1.82) is 0 Å². The second-order valence-electron chi connectivity index (χ2n) is 5.25. The van der Waals surface area contributed by atoms with Gasteiger partial charge in [0, 0.05) is 13.1 Å². The summed E-state index contributed by atoms with van der Waals surface area (Å²) in [4.78, 5) is 0. The van der Waals surface area contributed by atoms with Crippen LogP contribution in [0.15, 0.2) is 35.4 Å². The van der Waals surface area contributed by atoms with E-state index < -0.39 is 27.7 Å². The van der Waals surface area contributed by atoms with E-state index in [0.717, 1.165) is 10.7 Å². The van der Waals surface area contributed by atoms with E-state index in [-0.39, 0.29) is 13.1 Å². The number of hydrogen-bond donors (Lipinski definition) is 1. The molecule has 23 heavy (non-hydrogen) atoms. The maximum absolute atomic E-state index is 13.1. The molecule has 1 aromatic rings. The molecule has 128 valence electrons. The van der Waals surface area contributed by atoms with Crippen molar-refractivity contribution in [2.45, 2.75) is 25.4 Å². The summed E-state index contributed by atoms with van der Waals surface area (Å²) in [7, 11) is -4.03. The molecule has 1 aliphatic heterocycles. The Hall–Kier alpha value is -1.61. The average molecular weight is 349 g/mol. The molecule has 0 radical (unpaired) electrons. The van der Waals surface area contributed by atoms with Gasteiger partial charge in [0.25, 0.3) is 0 Å². The van der Waals surface area contributed by atoms with Crippen LogP contribution < -0.4 is 5.43 Å². The molecule has 0 aromatic heterocycles. The molecule has 1 aromatic carbocycles. The Labute approximate surface area is 133 Å². The van der Waals surface area contributed by atoms with E-state index in [9.17, 15) is 21.6 Å². The Morgan fingerprint density at radius 1 is 1.13 bits per heavy atom. The highest BCUT2D eigenvalue weighted by Gasteiger charge is 2.40. The molecule has 9 heteroatoms. The zero-order chi connectivity index (χ0) is 16.9. The summed E-state index contributed by atoms with van der Waals surface area (Å²) < 4.78 is 64.7. The third kappa shape index (κ3) is 5.21. The molecular weight excluding hydrogens is 331 g/mol. The van der Waals surface area contributed by atoms with Gasteiger partial charge in [-0.3, -0.25) is 5.43 Å². The van der Waals surface area contributed by atoms with Crippen LogP contribution in [0.1, 0.15) is 19.3 Å². The predicted molar refractivity (Wildman–Crippen MR) is 82.8 cm³/mol. The van der Waals surface area contributed by atoms with Crippen molar-refractivity contribution < 1.29 is 21.6 Å². The molecule has 0 bridgehead atoms. The van der Waals surface area contributed by atoms with Crippen LogP contribution in [0, 0.1) is 0 Å². The monoisotopic (exact) mass is 349 g/mol. The minimum atomic E-state index is -4.81. The van der Waals surface area contributed by atoms with Crippen molar-refractivity contribution in [2.24, 2.45) is 5.10 Å². The van der Waals surface area contributed by atoms with E-state index >= 15 is 0 Å². The van der Waals surface area contributed by atoms with Gasteiger partial charge in [-0.15, -0.1) is 0 Å². The maximum atomic E-state index is 13.1. The summed E-state index contributed by atoms with van der Waals surface area (Å²) >= 11 is 0. The molecule has 0 aliphatic carbocycles. The Balaban J connectivity index is 2.15. The number of para-hydroxylation sites is 1. The smallest absolute Gasteiger partial charge is 0.278 e. The third-order valence-corrected chi connectivity index (χ3v) is 5.24. The fraction of sp³-hybridized carbons (Fsp3) is 0.500. The van der Waals surface area contributed by atoms with Gasteiger partial charge in [-0.05, 0) is 25.0 Å². The molecule has 1 N–H and O–H groups in total. The van der Waals surface area contributed by atoms with Crippen molar-refractivity contribution >= 4 is 21.4 Å². The van der Waals surface area contributed by atoms with Gasteiger partial charge >= 0.3 is 6.18 Å². The van der Waals surface area contributed by atoms with Gasteiger partial charge in [-0.1, -0.05) is 24.6 Å². The van der Waals surface area contributed by atoms with Gasteiger partial charge in [0.15, 0.2) is 5.71 Å². The van der Waals surface area contributed by atoms with Crippen LogP contribution in [0.4, 0.5) is 18.9 Å². The highest BCUT2D eigenvalue weighted by atomic mass is 32.2. The van der Waals surface area contributed by atoms with Crippen LogP contribution in [0.3, 0.4) is 0 Å². The molecule has 0 unspecified atom stereocenters. The van der Waals surface area contributed by atoms with E-state index in [4.69, 9.17) is 0 Å². The van der Waals surface area contributed by atoms with Crippen molar-refractivity contribution in [2.75, 3.05) is 24.3 Å². The standard InChI is InChI=1S/C14H18F3N3O2S/c15-14(16,17)13(19-18-12-7-3-1-4-8-12)11-23(21,22)20-9-5-2-6-10-20/h1,3-4,7-8,18H,2,5-6,9-11H2/b19-13-. The lowest BCUT2D eigenvalue weighted by Gasteiger charge is -2.26. The summed E-state index contributed by atoms with van der Waals surface area (Å²) in [6, 6.07) is 8.05. The lowest BCUT2D eigenvalue weighted by Crippen LogP contribution is -2.42. The molecule has 5 nitrogen and oxygen atoms in total. The van der Waals surface area contributed by atoms with Crippen molar-refractivity contribution in [3.63, 3.8) is 0 Å². The molecule has 0 saturated carbocycles. The first kappa shape index (κ1) is 17.7. The predicted octanol–water partition coefficient (Wildman–Crippen LogP) is 2.83. The van der Waals surface area contributed by atoms with E-state index in [0.29, 0.717) is 18.5 Å². The number of hydrogen-bond acceptors (Lipinski definition) is 4. The Kier molecular flexibility index (Phi) is 5.64. The molecule has 2 rings (SSSR count). The molecular formula is C14H18F3N3O2S. The van der Waals surface area contributed by atoms with Crippen LogP contribution >= 0.6 is 0 Å². The first-order valence-electron chi connectivity index (χ1n) is 7.22. The molecule has 0 atom stereocenters. The topological polar surface area (TPSA) is 61.8 Å². The molecule has 1 heterocycles. The second-order valence-corrected chi connectivity index (χ2v) is 7.22. The first-order valence-corrected chi connectivity index (χ1v) is 8.82. The molecule has 1 saturated heterocycles. The highest BCUT2D eigenvalue weighted by molar-refractivity contribution is 7.89. The fourth-order valence-corrected chi connectivity index (χ4v) is 3.80. The number of sulfonamides is 1. The molecule has 1 aliphatic rings. The third-order valence-electron chi connectivity index (χ3n) is 3.45. The van der Waals surface area contributed by atoms with Gasteiger partial charge in [-0.25, -0.2) is 12.7 Å². The zero-order valence-electron chi connectivity index (χ0n) is 12.4. The minimum absolute atomic E-state index is 0.263. The number of hydrazone groups is 1. The van der Waals surface area contributed by atoms with Crippen LogP contribution in [0.2, 0.25) is 0 Å². The Bertz CT molecular complexity index is 639. The second kappa shape index (κ2) is 7.31. The lowest BCUT2D eigenvalue weighted by atomic mass is 10.2. The zero-order valence-corrected chi connectivity index (χ0v) is 13.2. The number of benzene rings is 1. The summed E-state index contributed by atoms with van der Waals surface area (Å²) in [5.74, 6) is -1.16. The summed E-state index contributed by atoms with van der Waals surface area (Å²) in [6.07, 6.45) is -2.59. The van der Waals surface area contributed by atoms with Crippen LogP contribution in [0.5, 0.6) is 0 Å². The van der Waals surface area contributed by atoms with E-state index in [2.05, 4.69) is 10.5 Å².